The summed E-state index contributed by atoms with van der Waals surface area (Å²) in [5.41, 5.74) is 1.95. The fourth-order valence-corrected chi connectivity index (χ4v) is 4.78. The molecule has 0 aromatic heterocycles. The van der Waals surface area contributed by atoms with E-state index in [1.54, 1.807) is 13.2 Å². The van der Waals surface area contributed by atoms with Gasteiger partial charge in [-0.3, -0.25) is 14.9 Å². The van der Waals surface area contributed by atoms with Crippen molar-refractivity contribution in [2.24, 2.45) is 0 Å². The Hall–Kier alpha value is -2.71. The van der Waals surface area contributed by atoms with E-state index in [-0.39, 0.29) is 22.7 Å². The van der Waals surface area contributed by atoms with E-state index in [0.29, 0.717) is 34.0 Å². The van der Waals surface area contributed by atoms with Crippen molar-refractivity contribution in [3.63, 3.8) is 0 Å². The van der Waals surface area contributed by atoms with Gasteiger partial charge in [0.2, 0.25) is 15.7 Å². The zero-order valence-electron chi connectivity index (χ0n) is 20.2. The molecular weight excluding hydrogens is 436 g/mol. The van der Waals surface area contributed by atoms with Crippen LogP contribution in [0.5, 0.6) is 5.75 Å². The Morgan fingerprint density at radius 1 is 1.15 bits per heavy atom. The standard InChI is InChI=1S/C25H32N2O5Si/c1-24(2,3)33-32-25(4,5)22-12-13-23(28)26(22)16-17-10-11-21(31-6)20(14-17)18-8-7-9-19(15-18)27(29)30/h7-11,14-15,22H,12-13,16H2,1-6H3/t22-/m1/s1. The summed E-state index contributed by atoms with van der Waals surface area (Å²) >= 11 is 0. The topological polar surface area (TPSA) is 81.9 Å². The van der Waals surface area contributed by atoms with Crippen LogP contribution in [0.15, 0.2) is 42.5 Å². The lowest BCUT2D eigenvalue weighted by atomic mass is 9.96. The molecule has 2 aromatic rings. The SMILES string of the molecule is COc1ccc(CN2C(=O)CC[C@@H]2C(C)(C)O[Si]C(C)(C)C)cc1-c1cccc([N+](=O)[O-])c1. The van der Waals surface area contributed by atoms with E-state index in [2.05, 4.69) is 34.6 Å². The van der Waals surface area contributed by atoms with E-state index >= 15 is 0 Å². The van der Waals surface area contributed by atoms with Crippen LogP contribution in [-0.2, 0) is 15.8 Å². The fraction of sp³-hybridized carbons (Fsp3) is 0.480. The number of likely N-dealkylation sites (tertiary alicyclic amines) is 1. The van der Waals surface area contributed by atoms with Crippen molar-refractivity contribution in [2.45, 2.75) is 70.7 Å². The number of nitro groups is 1. The first-order valence-electron chi connectivity index (χ1n) is 11.1. The summed E-state index contributed by atoms with van der Waals surface area (Å²) < 4.78 is 11.8. The van der Waals surface area contributed by atoms with Crippen molar-refractivity contribution in [3.05, 3.63) is 58.1 Å². The largest absolute Gasteiger partial charge is 0.496 e. The van der Waals surface area contributed by atoms with Crippen molar-refractivity contribution in [1.82, 2.24) is 4.90 Å². The van der Waals surface area contributed by atoms with E-state index in [0.717, 1.165) is 17.5 Å². The minimum Gasteiger partial charge on any atom is -0.496 e. The van der Waals surface area contributed by atoms with Gasteiger partial charge in [-0.2, -0.15) is 0 Å². The number of hydrogen-bond acceptors (Lipinski definition) is 5. The Labute approximate surface area is 198 Å². The molecule has 1 amide bonds. The van der Waals surface area contributed by atoms with E-state index in [9.17, 15) is 14.9 Å². The van der Waals surface area contributed by atoms with Crippen molar-refractivity contribution < 1.29 is 18.9 Å². The van der Waals surface area contributed by atoms with Crippen molar-refractivity contribution in [1.29, 1.82) is 0 Å². The van der Waals surface area contributed by atoms with E-state index < -0.39 is 10.5 Å². The Kier molecular flexibility index (Phi) is 7.28. The number of nitrogens with zero attached hydrogens (tertiary/aromatic N) is 2. The number of benzene rings is 2. The summed E-state index contributed by atoms with van der Waals surface area (Å²) in [5, 5.41) is 11.3. The molecule has 8 heteroatoms. The van der Waals surface area contributed by atoms with E-state index in [1.165, 1.54) is 12.1 Å². The molecular formula is C25H32N2O5Si. The van der Waals surface area contributed by atoms with Crippen molar-refractivity contribution in [3.8, 4) is 16.9 Å². The van der Waals surface area contributed by atoms with Crippen LogP contribution < -0.4 is 4.74 Å². The lowest BCUT2D eigenvalue weighted by Gasteiger charge is -2.39. The van der Waals surface area contributed by atoms with Gasteiger partial charge in [0.25, 0.3) is 5.69 Å². The first-order valence-corrected chi connectivity index (χ1v) is 12.0. The second-order valence-electron chi connectivity index (χ2n) is 9.98. The number of carbonyl (C=O) groups is 1. The number of methoxy groups -OCH3 is 1. The van der Waals surface area contributed by atoms with E-state index in [1.807, 2.05) is 29.2 Å². The number of nitro benzene ring substituents is 1. The zero-order valence-corrected chi connectivity index (χ0v) is 21.2. The van der Waals surface area contributed by atoms with Gasteiger partial charge >= 0.3 is 0 Å². The third kappa shape index (κ3) is 6.00. The highest BCUT2D eigenvalue weighted by molar-refractivity contribution is 6.31. The maximum Gasteiger partial charge on any atom is 0.270 e. The molecule has 1 fully saturated rings. The molecule has 1 saturated heterocycles. The highest BCUT2D eigenvalue weighted by Crippen LogP contribution is 2.36. The highest BCUT2D eigenvalue weighted by Gasteiger charge is 2.42. The number of rotatable bonds is 8. The first kappa shape index (κ1) is 24.9. The molecule has 3 rings (SSSR count). The van der Waals surface area contributed by atoms with E-state index in [4.69, 9.17) is 9.16 Å². The van der Waals surface area contributed by atoms with Gasteiger partial charge in [-0.1, -0.05) is 39.0 Å². The molecule has 0 aliphatic carbocycles. The third-order valence-electron chi connectivity index (χ3n) is 5.74. The van der Waals surface area contributed by atoms with Crippen LogP contribution in [0, 0.1) is 10.1 Å². The molecule has 33 heavy (non-hydrogen) atoms. The number of ether oxygens (including phenoxy) is 1. The predicted octanol–water partition coefficient (Wildman–Crippen LogP) is 5.39. The summed E-state index contributed by atoms with van der Waals surface area (Å²) in [7, 11) is 1.91. The number of amides is 1. The van der Waals surface area contributed by atoms with Crippen LogP contribution in [0.3, 0.4) is 0 Å². The minimum absolute atomic E-state index is 0.0216. The number of carbonyl (C=O) groups excluding carboxylic acids is 1. The summed E-state index contributed by atoms with van der Waals surface area (Å²) in [6, 6.07) is 12.2. The minimum atomic E-state index is -0.465. The van der Waals surface area contributed by atoms with Crippen molar-refractivity contribution in [2.75, 3.05) is 7.11 Å². The van der Waals surface area contributed by atoms with Gasteiger partial charge in [0.1, 0.15) is 5.75 Å². The normalized spacial score (nSPS) is 16.8. The molecule has 0 saturated carbocycles. The number of hydrogen-bond donors (Lipinski definition) is 0. The Morgan fingerprint density at radius 3 is 2.52 bits per heavy atom. The summed E-state index contributed by atoms with van der Waals surface area (Å²) in [5.74, 6) is 0.738. The van der Waals surface area contributed by atoms with Gasteiger partial charge in [-0.15, -0.1) is 0 Å². The second kappa shape index (κ2) is 9.65. The average molecular weight is 469 g/mol. The monoisotopic (exact) mass is 468 g/mol. The molecule has 1 aliphatic heterocycles. The van der Waals surface area contributed by atoms with Crippen LogP contribution in [0.4, 0.5) is 5.69 Å². The zero-order chi connectivity index (χ0) is 24.4. The Balaban J connectivity index is 1.89. The maximum atomic E-state index is 12.8. The third-order valence-corrected chi connectivity index (χ3v) is 6.98. The lowest BCUT2D eigenvalue weighted by molar-refractivity contribution is -0.384. The molecule has 2 radical (unpaired) electrons. The Morgan fingerprint density at radius 2 is 1.88 bits per heavy atom. The van der Waals surface area contributed by atoms with Crippen LogP contribution in [0.25, 0.3) is 11.1 Å². The molecule has 1 aliphatic rings. The van der Waals surface area contributed by atoms with Gasteiger partial charge < -0.3 is 14.1 Å². The van der Waals surface area contributed by atoms with Crippen LogP contribution in [0.1, 0.15) is 53.0 Å². The van der Waals surface area contributed by atoms with Gasteiger partial charge in [-0.25, -0.2) is 0 Å². The summed E-state index contributed by atoms with van der Waals surface area (Å²) in [6.07, 6.45) is 1.26. The van der Waals surface area contributed by atoms with Crippen molar-refractivity contribution >= 4 is 21.4 Å². The molecule has 0 unspecified atom stereocenters. The highest BCUT2D eigenvalue weighted by atomic mass is 28.2. The van der Waals surface area contributed by atoms with Crippen LogP contribution in [-0.4, -0.2) is 44.2 Å². The summed E-state index contributed by atoms with van der Waals surface area (Å²) in [6.45, 7) is 11.0. The first-order chi connectivity index (χ1) is 15.4. The summed E-state index contributed by atoms with van der Waals surface area (Å²) in [4.78, 5) is 25.5. The molecule has 0 bridgehead atoms. The Bertz CT molecular complexity index is 1030. The van der Waals surface area contributed by atoms with Crippen LogP contribution in [0.2, 0.25) is 5.04 Å². The quantitative estimate of drug-likeness (QED) is 0.295. The average Bonchev–Trinajstić information content (AvgIpc) is 3.13. The molecule has 0 N–H and O–H groups in total. The molecule has 2 aromatic carbocycles. The predicted molar refractivity (Wildman–Crippen MR) is 129 cm³/mol. The fourth-order valence-electron chi connectivity index (χ4n) is 4.07. The maximum absolute atomic E-state index is 12.8. The smallest absolute Gasteiger partial charge is 0.270 e. The second-order valence-corrected chi connectivity index (χ2v) is 11.9. The molecule has 1 heterocycles. The van der Waals surface area contributed by atoms with Gasteiger partial charge in [-0.05, 0) is 48.6 Å². The van der Waals surface area contributed by atoms with Gasteiger partial charge in [0.15, 0.2) is 0 Å². The van der Waals surface area contributed by atoms with Gasteiger partial charge in [0, 0.05) is 30.7 Å². The number of non-ortho nitro benzene ring substituents is 1. The lowest BCUT2D eigenvalue weighted by Crippen LogP contribution is -2.49. The molecule has 0 spiro atoms. The molecule has 7 nitrogen and oxygen atoms in total. The molecule has 1 atom stereocenters. The van der Waals surface area contributed by atoms with Crippen LogP contribution >= 0.6 is 0 Å². The van der Waals surface area contributed by atoms with Gasteiger partial charge in [0.05, 0.1) is 23.7 Å². The molecule has 176 valence electrons.